The van der Waals surface area contributed by atoms with Gasteiger partial charge >= 0.3 is 0 Å². The number of benzene rings is 1. The average molecular weight is 406 g/mol. The lowest BCUT2D eigenvalue weighted by Gasteiger charge is -2.18. The molecule has 1 atom stereocenters. The van der Waals surface area contributed by atoms with Crippen molar-refractivity contribution in [2.45, 2.75) is 62.0 Å². The van der Waals surface area contributed by atoms with Gasteiger partial charge in [0.1, 0.15) is 11.5 Å². The first-order valence-corrected chi connectivity index (χ1v) is 10.5. The van der Waals surface area contributed by atoms with Crippen LogP contribution in [0.3, 0.4) is 0 Å². The Morgan fingerprint density at radius 1 is 1.18 bits per heavy atom. The van der Waals surface area contributed by atoms with E-state index in [4.69, 9.17) is 13.9 Å². The van der Waals surface area contributed by atoms with E-state index in [-0.39, 0.29) is 17.2 Å². The molecule has 0 aliphatic heterocycles. The minimum absolute atomic E-state index is 0.0127. The van der Waals surface area contributed by atoms with E-state index in [1.165, 1.54) is 37.4 Å². The molecule has 7 nitrogen and oxygen atoms in total. The van der Waals surface area contributed by atoms with Crippen molar-refractivity contribution in [1.82, 2.24) is 15.5 Å². The fraction of sp³-hybridized carbons (Fsp3) is 0.550. The van der Waals surface area contributed by atoms with Crippen LogP contribution in [0.25, 0.3) is 11.5 Å². The standard InChI is InChI=1S/C20H27N3O4S/c1-13(18(24)21-14-8-6-4-5-7-9-14)28-20-23-22-19(27-20)16-11-10-15(25-2)12-17(16)26-3/h10-14H,4-9H2,1-3H3,(H,21,24)/t13-/m1/s1. The van der Waals surface area contributed by atoms with Crippen molar-refractivity contribution in [3.63, 3.8) is 0 Å². The molecule has 1 aliphatic rings. The summed E-state index contributed by atoms with van der Waals surface area (Å²) in [6, 6.07) is 5.65. The SMILES string of the molecule is COc1ccc(-c2nnc(S[C@H](C)C(=O)NC3CCCCCC3)o2)c(OC)c1. The molecule has 2 aromatic rings. The zero-order chi connectivity index (χ0) is 19.9. The third-order valence-corrected chi connectivity index (χ3v) is 5.83. The topological polar surface area (TPSA) is 86.5 Å². The van der Waals surface area contributed by atoms with Gasteiger partial charge in [0.25, 0.3) is 11.1 Å². The fourth-order valence-corrected chi connectivity index (χ4v) is 3.98. The molecule has 0 unspecified atom stereocenters. The van der Waals surface area contributed by atoms with Crippen LogP contribution in [-0.4, -0.2) is 41.6 Å². The highest BCUT2D eigenvalue weighted by atomic mass is 32.2. The summed E-state index contributed by atoms with van der Waals surface area (Å²) in [5.74, 6) is 1.62. The number of ether oxygens (including phenoxy) is 2. The fourth-order valence-electron chi connectivity index (χ4n) is 3.29. The molecule has 0 spiro atoms. The third kappa shape index (κ3) is 5.19. The lowest BCUT2D eigenvalue weighted by molar-refractivity contribution is -0.121. The average Bonchev–Trinajstić information content (AvgIpc) is 3.02. The minimum atomic E-state index is -0.311. The van der Waals surface area contributed by atoms with E-state index in [0.717, 1.165) is 12.8 Å². The Morgan fingerprint density at radius 2 is 1.93 bits per heavy atom. The summed E-state index contributed by atoms with van der Waals surface area (Å²) in [6.07, 6.45) is 7.01. The predicted molar refractivity (Wildman–Crippen MR) is 108 cm³/mol. The summed E-state index contributed by atoms with van der Waals surface area (Å²) in [7, 11) is 3.17. The van der Waals surface area contributed by atoms with E-state index in [9.17, 15) is 4.79 Å². The molecule has 0 saturated heterocycles. The molecule has 28 heavy (non-hydrogen) atoms. The molecule has 0 bridgehead atoms. The summed E-state index contributed by atoms with van der Waals surface area (Å²) in [5.41, 5.74) is 0.679. The quantitative estimate of drug-likeness (QED) is 0.549. The Labute approximate surface area is 169 Å². The van der Waals surface area contributed by atoms with E-state index >= 15 is 0 Å². The van der Waals surface area contributed by atoms with Crippen molar-refractivity contribution in [3.8, 4) is 23.0 Å². The Bertz CT molecular complexity index is 788. The van der Waals surface area contributed by atoms with Gasteiger partial charge in [0.05, 0.1) is 25.0 Å². The molecule has 1 N–H and O–H groups in total. The summed E-state index contributed by atoms with van der Waals surface area (Å²) in [5, 5.41) is 11.4. The minimum Gasteiger partial charge on any atom is -0.497 e. The number of methoxy groups -OCH3 is 2. The van der Waals surface area contributed by atoms with E-state index < -0.39 is 0 Å². The smallest absolute Gasteiger partial charge is 0.277 e. The number of aromatic nitrogens is 2. The number of nitrogens with one attached hydrogen (secondary N) is 1. The molecule has 1 amide bonds. The van der Waals surface area contributed by atoms with E-state index in [0.29, 0.717) is 28.2 Å². The number of thioether (sulfide) groups is 1. The van der Waals surface area contributed by atoms with Crippen LogP contribution in [0.5, 0.6) is 11.5 Å². The first kappa shape index (κ1) is 20.5. The van der Waals surface area contributed by atoms with Gasteiger partial charge in [-0.2, -0.15) is 0 Å². The molecule has 1 aromatic carbocycles. The second-order valence-electron chi connectivity index (χ2n) is 6.90. The molecule has 8 heteroatoms. The number of amides is 1. The van der Waals surface area contributed by atoms with E-state index in [1.807, 2.05) is 13.0 Å². The van der Waals surface area contributed by atoms with Crippen molar-refractivity contribution in [1.29, 1.82) is 0 Å². The first-order valence-electron chi connectivity index (χ1n) is 9.63. The molecular formula is C20H27N3O4S. The number of carbonyl (C=O) groups is 1. The molecule has 3 rings (SSSR count). The summed E-state index contributed by atoms with van der Waals surface area (Å²) < 4.78 is 16.3. The highest BCUT2D eigenvalue weighted by molar-refractivity contribution is 8.00. The molecule has 1 heterocycles. The van der Waals surface area contributed by atoms with E-state index in [2.05, 4.69) is 15.5 Å². The van der Waals surface area contributed by atoms with Gasteiger partial charge in [0.2, 0.25) is 5.91 Å². The van der Waals surface area contributed by atoms with Crippen LogP contribution in [0, 0.1) is 0 Å². The van der Waals surface area contributed by atoms with Crippen molar-refractivity contribution in [2.24, 2.45) is 0 Å². The summed E-state index contributed by atoms with van der Waals surface area (Å²) >= 11 is 1.26. The maximum atomic E-state index is 12.5. The van der Waals surface area contributed by atoms with Crippen molar-refractivity contribution < 1.29 is 18.7 Å². The van der Waals surface area contributed by atoms with Gasteiger partial charge in [-0.1, -0.05) is 37.4 Å². The second kappa shape index (κ2) is 9.82. The van der Waals surface area contributed by atoms with E-state index in [1.54, 1.807) is 26.4 Å². The number of rotatable bonds is 7. The maximum Gasteiger partial charge on any atom is 0.277 e. The van der Waals surface area contributed by atoms with Crippen LogP contribution in [0.4, 0.5) is 0 Å². The Hall–Kier alpha value is -2.22. The molecule has 0 radical (unpaired) electrons. The number of hydrogen-bond donors (Lipinski definition) is 1. The molecule has 1 aromatic heterocycles. The molecular weight excluding hydrogens is 378 g/mol. The van der Waals surface area contributed by atoms with Gasteiger partial charge < -0.3 is 19.2 Å². The van der Waals surface area contributed by atoms with Gasteiger partial charge in [0, 0.05) is 12.1 Å². The van der Waals surface area contributed by atoms with Crippen molar-refractivity contribution >= 4 is 17.7 Å². The van der Waals surface area contributed by atoms with Crippen LogP contribution in [0.2, 0.25) is 0 Å². The highest BCUT2D eigenvalue weighted by Gasteiger charge is 2.22. The Balaban J connectivity index is 1.63. The molecule has 1 fully saturated rings. The zero-order valence-electron chi connectivity index (χ0n) is 16.6. The predicted octanol–water partition coefficient (Wildman–Crippen LogP) is 4.07. The number of nitrogens with zero attached hydrogens (tertiary/aromatic N) is 2. The summed E-state index contributed by atoms with van der Waals surface area (Å²) in [6.45, 7) is 1.86. The highest BCUT2D eigenvalue weighted by Crippen LogP contribution is 2.34. The molecule has 1 aliphatic carbocycles. The molecule has 1 saturated carbocycles. The zero-order valence-corrected chi connectivity index (χ0v) is 17.4. The Kier molecular flexibility index (Phi) is 7.19. The third-order valence-electron chi connectivity index (χ3n) is 4.89. The monoisotopic (exact) mass is 405 g/mol. The summed E-state index contributed by atoms with van der Waals surface area (Å²) in [4.78, 5) is 12.5. The van der Waals surface area contributed by atoms with Crippen LogP contribution >= 0.6 is 11.8 Å². The van der Waals surface area contributed by atoms with Gasteiger partial charge in [-0.05, 0) is 31.9 Å². The van der Waals surface area contributed by atoms with Crippen molar-refractivity contribution in [3.05, 3.63) is 18.2 Å². The lowest BCUT2D eigenvalue weighted by atomic mass is 10.1. The van der Waals surface area contributed by atoms with Gasteiger partial charge in [-0.15, -0.1) is 10.2 Å². The van der Waals surface area contributed by atoms with Crippen LogP contribution in [0.1, 0.15) is 45.4 Å². The first-order chi connectivity index (χ1) is 13.6. The molecule has 152 valence electrons. The van der Waals surface area contributed by atoms with Crippen LogP contribution in [0.15, 0.2) is 27.8 Å². The van der Waals surface area contributed by atoms with Gasteiger partial charge in [-0.3, -0.25) is 4.79 Å². The maximum absolute atomic E-state index is 12.5. The number of carbonyl (C=O) groups excluding carboxylic acids is 1. The van der Waals surface area contributed by atoms with Crippen LogP contribution in [-0.2, 0) is 4.79 Å². The lowest BCUT2D eigenvalue weighted by Crippen LogP contribution is -2.39. The van der Waals surface area contributed by atoms with Crippen molar-refractivity contribution in [2.75, 3.05) is 14.2 Å². The van der Waals surface area contributed by atoms with Crippen LogP contribution < -0.4 is 14.8 Å². The Morgan fingerprint density at radius 3 is 2.61 bits per heavy atom. The van der Waals surface area contributed by atoms with Gasteiger partial charge in [0.15, 0.2) is 0 Å². The van der Waals surface area contributed by atoms with Gasteiger partial charge in [-0.25, -0.2) is 0 Å². The second-order valence-corrected chi connectivity index (χ2v) is 8.19. The largest absolute Gasteiger partial charge is 0.497 e. The normalized spacial score (nSPS) is 16.2. The number of hydrogen-bond acceptors (Lipinski definition) is 7.